The van der Waals surface area contributed by atoms with Crippen molar-refractivity contribution in [1.82, 2.24) is 10.1 Å². The zero-order valence-electron chi connectivity index (χ0n) is 16.1. The fourth-order valence-corrected chi connectivity index (χ4v) is 3.17. The van der Waals surface area contributed by atoms with Gasteiger partial charge in [0.05, 0.1) is 36.4 Å². The Balaban J connectivity index is 1.78. The second-order valence-corrected chi connectivity index (χ2v) is 6.47. The third kappa shape index (κ3) is 3.33. The summed E-state index contributed by atoms with van der Waals surface area (Å²) in [6.07, 6.45) is 0. The van der Waals surface area contributed by atoms with Gasteiger partial charge in [0.1, 0.15) is 17.4 Å². The molecule has 0 bridgehead atoms. The van der Waals surface area contributed by atoms with Gasteiger partial charge in [-0.05, 0) is 30.7 Å². The van der Waals surface area contributed by atoms with Crippen molar-refractivity contribution in [3.8, 4) is 5.75 Å². The molecule has 0 saturated carbocycles. The third-order valence-corrected chi connectivity index (χ3v) is 4.69. The minimum Gasteiger partial charge on any atom is -0.497 e. The molecule has 0 aliphatic carbocycles. The first-order valence-corrected chi connectivity index (χ1v) is 8.86. The Kier molecular flexibility index (Phi) is 4.75. The summed E-state index contributed by atoms with van der Waals surface area (Å²) in [5.41, 5.74) is 2.24. The molecule has 0 unspecified atom stereocenters. The van der Waals surface area contributed by atoms with Crippen molar-refractivity contribution in [3.63, 3.8) is 0 Å². The fraction of sp³-hybridized carbons (Fsp3) is 0.190. The minimum absolute atomic E-state index is 0.184. The zero-order valence-corrected chi connectivity index (χ0v) is 16.1. The molecule has 148 valence electrons. The first-order valence-electron chi connectivity index (χ1n) is 8.86. The molecule has 0 radical (unpaired) electrons. The smallest absolute Gasteiger partial charge is 0.340 e. The highest BCUT2D eigenvalue weighted by atomic mass is 19.1. The van der Waals surface area contributed by atoms with Gasteiger partial charge in [0.15, 0.2) is 5.58 Å². The number of ether oxygens (including phenoxy) is 2. The normalized spacial score (nSPS) is 11.0. The van der Waals surface area contributed by atoms with E-state index in [4.69, 9.17) is 9.26 Å². The average molecular weight is 395 g/mol. The quantitative estimate of drug-likeness (QED) is 0.506. The fourth-order valence-electron chi connectivity index (χ4n) is 3.17. The van der Waals surface area contributed by atoms with Crippen LogP contribution in [-0.2, 0) is 11.3 Å². The highest BCUT2D eigenvalue weighted by Crippen LogP contribution is 2.33. The van der Waals surface area contributed by atoms with Crippen LogP contribution in [0.1, 0.15) is 21.6 Å². The first kappa shape index (κ1) is 18.7. The van der Waals surface area contributed by atoms with Gasteiger partial charge >= 0.3 is 5.97 Å². The summed E-state index contributed by atoms with van der Waals surface area (Å²) >= 11 is 0. The Hall–Kier alpha value is -3.68. The molecule has 2 heterocycles. The molecule has 2 aromatic heterocycles. The van der Waals surface area contributed by atoms with Crippen molar-refractivity contribution < 1.29 is 23.2 Å². The summed E-state index contributed by atoms with van der Waals surface area (Å²) in [4.78, 5) is 16.4. The molecular formula is C21H18FN3O4. The second-order valence-electron chi connectivity index (χ2n) is 6.47. The van der Waals surface area contributed by atoms with Crippen LogP contribution in [0.3, 0.4) is 0 Å². The molecule has 0 atom stereocenters. The Bertz CT molecular complexity index is 1220. The van der Waals surface area contributed by atoms with Crippen molar-refractivity contribution in [2.45, 2.75) is 13.5 Å². The lowest BCUT2D eigenvalue weighted by atomic mass is 10.1. The van der Waals surface area contributed by atoms with Gasteiger partial charge in [-0.3, -0.25) is 0 Å². The predicted octanol–water partition coefficient (Wildman–Crippen LogP) is 4.23. The Labute approximate surface area is 165 Å². The number of aryl methyl sites for hydroxylation is 1. The van der Waals surface area contributed by atoms with Crippen LogP contribution in [-0.4, -0.2) is 30.3 Å². The van der Waals surface area contributed by atoms with Gasteiger partial charge in [-0.25, -0.2) is 14.2 Å². The molecule has 1 N–H and O–H groups in total. The maximum atomic E-state index is 14.4. The summed E-state index contributed by atoms with van der Waals surface area (Å²) in [5, 5.41) is 8.44. The van der Waals surface area contributed by atoms with E-state index in [-0.39, 0.29) is 5.56 Å². The number of pyridine rings is 1. The third-order valence-electron chi connectivity index (χ3n) is 4.69. The van der Waals surface area contributed by atoms with Crippen molar-refractivity contribution in [2.24, 2.45) is 0 Å². The van der Waals surface area contributed by atoms with E-state index in [1.165, 1.54) is 19.2 Å². The van der Waals surface area contributed by atoms with Crippen molar-refractivity contribution in [1.29, 1.82) is 0 Å². The lowest BCUT2D eigenvalue weighted by Crippen LogP contribution is -2.06. The monoisotopic (exact) mass is 395 g/mol. The molecule has 8 heteroatoms. The molecule has 0 amide bonds. The van der Waals surface area contributed by atoms with Gasteiger partial charge in [0, 0.05) is 18.0 Å². The van der Waals surface area contributed by atoms with Gasteiger partial charge in [0.2, 0.25) is 0 Å². The van der Waals surface area contributed by atoms with Crippen molar-refractivity contribution in [3.05, 3.63) is 59.0 Å². The molecule has 0 saturated heterocycles. The minimum atomic E-state index is -0.768. The van der Waals surface area contributed by atoms with Crippen LogP contribution in [0.25, 0.3) is 21.9 Å². The number of fused-ring (bicyclic) bond motifs is 3. The molecule has 0 spiro atoms. The largest absolute Gasteiger partial charge is 0.497 e. The number of benzene rings is 2. The number of methoxy groups -OCH3 is 2. The number of anilines is 1. The molecule has 4 aromatic rings. The average Bonchev–Trinajstić information content (AvgIpc) is 3.13. The molecule has 4 rings (SSSR count). The van der Waals surface area contributed by atoms with E-state index in [9.17, 15) is 9.18 Å². The van der Waals surface area contributed by atoms with Crippen molar-refractivity contribution in [2.75, 3.05) is 19.5 Å². The SMILES string of the molecule is COC(=O)c1cc2c(cc1F)nc(NCc1ccc(OC)cc1)c1c(C)noc12. The van der Waals surface area contributed by atoms with Gasteiger partial charge < -0.3 is 19.3 Å². The first-order chi connectivity index (χ1) is 14.0. The lowest BCUT2D eigenvalue weighted by Gasteiger charge is -2.10. The van der Waals surface area contributed by atoms with Crippen LogP contribution < -0.4 is 10.1 Å². The number of carbonyl (C=O) groups excluding carboxylic acids is 1. The van der Waals surface area contributed by atoms with E-state index in [1.807, 2.05) is 24.3 Å². The number of carbonyl (C=O) groups is 1. The molecule has 29 heavy (non-hydrogen) atoms. The van der Waals surface area contributed by atoms with Crippen LogP contribution in [0.2, 0.25) is 0 Å². The number of nitrogens with zero attached hydrogens (tertiary/aromatic N) is 2. The van der Waals surface area contributed by atoms with Crippen LogP contribution in [0.15, 0.2) is 40.9 Å². The topological polar surface area (TPSA) is 86.5 Å². The Morgan fingerprint density at radius 2 is 1.97 bits per heavy atom. The van der Waals surface area contributed by atoms with Crippen LogP contribution in [0.5, 0.6) is 5.75 Å². The van der Waals surface area contributed by atoms with E-state index < -0.39 is 11.8 Å². The summed E-state index contributed by atoms with van der Waals surface area (Å²) in [6, 6.07) is 10.2. The van der Waals surface area contributed by atoms with Crippen LogP contribution >= 0.6 is 0 Å². The number of rotatable bonds is 5. The molecule has 7 nitrogen and oxygen atoms in total. The number of hydrogen-bond donors (Lipinski definition) is 1. The summed E-state index contributed by atoms with van der Waals surface area (Å²) in [5.74, 6) is -0.192. The van der Waals surface area contributed by atoms with E-state index >= 15 is 0 Å². The number of halogens is 1. The number of esters is 1. The Morgan fingerprint density at radius 3 is 2.66 bits per heavy atom. The molecular weight excluding hydrogens is 377 g/mol. The van der Waals surface area contributed by atoms with Gasteiger partial charge in [-0.2, -0.15) is 0 Å². The zero-order chi connectivity index (χ0) is 20.5. The molecule has 2 aromatic carbocycles. The standard InChI is InChI=1S/C21H18FN3O4/c1-11-18-19(29-25-11)15-8-14(21(26)28-3)16(22)9-17(15)24-20(18)23-10-12-4-6-13(27-2)7-5-12/h4-9H,10H2,1-3H3,(H,23,24). The summed E-state index contributed by atoms with van der Waals surface area (Å²) in [6.45, 7) is 2.29. The lowest BCUT2D eigenvalue weighted by molar-refractivity contribution is 0.0595. The van der Waals surface area contributed by atoms with E-state index in [0.29, 0.717) is 39.9 Å². The summed E-state index contributed by atoms with van der Waals surface area (Å²) < 4.78 is 29.7. The highest BCUT2D eigenvalue weighted by Gasteiger charge is 2.20. The molecule has 0 fully saturated rings. The second kappa shape index (κ2) is 7.38. The predicted molar refractivity (Wildman–Crippen MR) is 106 cm³/mol. The molecule has 0 aliphatic heterocycles. The van der Waals surface area contributed by atoms with Gasteiger partial charge in [-0.1, -0.05) is 17.3 Å². The summed E-state index contributed by atoms with van der Waals surface area (Å²) in [7, 11) is 2.81. The molecule has 0 aliphatic rings. The maximum absolute atomic E-state index is 14.4. The number of nitrogens with one attached hydrogen (secondary N) is 1. The highest BCUT2D eigenvalue weighted by molar-refractivity contribution is 6.09. The van der Waals surface area contributed by atoms with Crippen molar-refractivity contribution >= 4 is 33.7 Å². The van der Waals surface area contributed by atoms with E-state index in [2.05, 4.69) is 20.2 Å². The number of aromatic nitrogens is 2. The van der Waals surface area contributed by atoms with E-state index in [0.717, 1.165) is 11.3 Å². The van der Waals surface area contributed by atoms with Crippen LogP contribution in [0, 0.1) is 12.7 Å². The van der Waals surface area contributed by atoms with Gasteiger partial charge in [-0.15, -0.1) is 0 Å². The van der Waals surface area contributed by atoms with Gasteiger partial charge in [0.25, 0.3) is 0 Å². The Morgan fingerprint density at radius 1 is 1.21 bits per heavy atom. The number of hydrogen-bond acceptors (Lipinski definition) is 7. The maximum Gasteiger partial charge on any atom is 0.340 e. The van der Waals surface area contributed by atoms with Crippen LogP contribution in [0.4, 0.5) is 10.2 Å². The van der Waals surface area contributed by atoms with E-state index in [1.54, 1.807) is 14.0 Å².